The lowest BCUT2D eigenvalue weighted by Gasteiger charge is -2.14. The average molecular weight is 267 g/mol. The van der Waals surface area contributed by atoms with Crippen molar-refractivity contribution >= 4 is 5.69 Å². The molecule has 0 aliphatic heterocycles. The Labute approximate surface area is 108 Å². The molecule has 1 unspecified atom stereocenters. The predicted octanol–water partition coefficient (Wildman–Crippen LogP) is 3.25. The van der Waals surface area contributed by atoms with Crippen LogP contribution in [-0.2, 0) is 0 Å². The number of nitrogens with one attached hydrogen (secondary N) is 1. The molecule has 0 aromatic heterocycles. The molecule has 0 spiro atoms. The summed E-state index contributed by atoms with van der Waals surface area (Å²) in [6, 6.07) is 8.52. The van der Waals surface area contributed by atoms with E-state index in [-0.39, 0.29) is 12.1 Å². The number of aliphatic hydroxyl groups is 1. The highest BCUT2D eigenvalue weighted by atomic mass is 19.1. The van der Waals surface area contributed by atoms with Crippen LogP contribution in [0.25, 0.3) is 0 Å². The molecule has 0 aliphatic carbocycles. The molecule has 0 radical (unpaired) electrons. The molecule has 0 amide bonds. The standard InChI is InChI=1S/C14H12F3NO/c15-9-2-1-3-11(6-9)18-8-14(19)12-7-10(16)4-5-13(12)17/h1-7,14,18-19H,8H2. The van der Waals surface area contributed by atoms with Crippen molar-refractivity contribution in [3.8, 4) is 0 Å². The first-order valence-electron chi connectivity index (χ1n) is 5.69. The first-order valence-corrected chi connectivity index (χ1v) is 5.69. The maximum Gasteiger partial charge on any atom is 0.129 e. The van der Waals surface area contributed by atoms with Gasteiger partial charge >= 0.3 is 0 Å². The Morgan fingerprint density at radius 3 is 2.47 bits per heavy atom. The molecule has 0 bridgehead atoms. The zero-order valence-electron chi connectivity index (χ0n) is 9.91. The molecular formula is C14H12F3NO. The largest absolute Gasteiger partial charge is 0.386 e. The van der Waals surface area contributed by atoms with Crippen molar-refractivity contribution in [1.29, 1.82) is 0 Å². The summed E-state index contributed by atoms with van der Waals surface area (Å²) in [5, 5.41) is 12.5. The van der Waals surface area contributed by atoms with E-state index in [1.165, 1.54) is 18.2 Å². The van der Waals surface area contributed by atoms with Gasteiger partial charge in [0.15, 0.2) is 0 Å². The molecule has 2 nitrogen and oxygen atoms in total. The molecule has 5 heteroatoms. The first-order chi connectivity index (χ1) is 9.06. The molecule has 2 aromatic carbocycles. The Hall–Kier alpha value is -2.01. The molecule has 0 saturated carbocycles. The van der Waals surface area contributed by atoms with Crippen LogP contribution in [0.1, 0.15) is 11.7 Å². The van der Waals surface area contributed by atoms with Gasteiger partial charge in [0.25, 0.3) is 0 Å². The second-order valence-electron chi connectivity index (χ2n) is 4.07. The van der Waals surface area contributed by atoms with Crippen molar-refractivity contribution in [2.75, 3.05) is 11.9 Å². The number of anilines is 1. The van der Waals surface area contributed by atoms with E-state index in [0.717, 1.165) is 18.2 Å². The van der Waals surface area contributed by atoms with Crippen LogP contribution in [0.15, 0.2) is 42.5 Å². The Kier molecular flexibility index (Phi) is 4.06. The smallest absolute Gasteiger partial charge is 0.129 e. The van der Waals surface area contributed by atoms with Gasteiger partial charge < -0.3 is 10.4 Å². The van der Waals surface area contributed by atoms with Crippen LogP contribution < -0.4 is 5.32 Å². The number of hydrogen-bond donors (Lipinski definition) is 2. The number of hydrogen-bond acceptors (Lipinski definition) is 2. The second-order valence-corrected chi connectivity index (χ2v) is 4.07. The van der Waals surface area contributed by atoms with Crippen LogP contribution in [0.3, 0.4) is 0 Å². The van der Waals surface area contributed by atoms with Crippen LogP contribution >= 0.6 is 0 Å². The summed E-state index contributed by atoms with van der Waals surface area (Å²) in [6.45, 7) is -0.0518. The van der Waals surface area contributed by atoms with E-state index in [4.69, 9.17) is 0 Å². The fourth-order valence-electron chi connectivity index (χ4n) is 1.69. The van der Waals surface area contributed by atoms with Gasteiger partial charge in [-0.05, 0) is 36.4 Å². The van der Waals surface area contributed by atoms with Gasteiger partial charge in [-0.25, -0.2) is 13.2 Å². The highest BCUT2D eigenvalue weighted by Gasteiger charge is 2.13. The predicted molar refractivity (Wildman–Crippen MR) is 66.2 cm³/mol. The lowest BCUT2D eigenvalue weighted by Crippen LogP contribution is -2.13. The molecule has 2 rings (SSSR count). The van der Waals surface area contributed by atoms with E-state index in [9.17, 15) is 18.3 Å². The Bertz CT molecular complexity index is 574. The SMILES string of the molecule is OC(CNc1cccc(F)c1)c1cc(F)ccc1F. The molecular weight excluding hydrogens is 255 g/mol. The summed E-state index contributed by atoms with van der Waals surface area (Å²) in [6.07, 6.45) is -1.22. The average Bonchev–Trinajstić information content (AvgIpc) is 2.39. The Balaban J connectivity index is 2.05. The molecule has 2 N–H and O–H groups in total. The highest BCUT2D eigenvalue weighted by Crippen LogP contribution is 2.19. The zero-order valence-corrected chi connectivity index (χ0v) is 9.91. The normalized spacial score (nSPS) is 12.2. The quantitative estimate of drug-likeness (QED) is 0.891. The van der Waals surface area contributed by atoms with Gasteiger partial charge in [0.1, 0.15) is 17.5 Å². The number of aliphatic hydroxyl groups excluding tert-OH is 1. The molecule has 100 valence electrons. The summed E-state index contributed by atoms with van der Waals surface area (Å²) in [5.41, 5.74) is 0.319. The molecule has 1 atom stereocenters. The van der Waals surface area contributed by atoms with E-state index >= 15 is 0 Å². The molecule has 19 heavy (non-hydrogen) atoms. The van der Waals surface area contributed by atoms with Crippen molar-refractivity contribution in [3.05, 3.63) is 65.5 Å². The van der Waals surface area contributed by atoms with Crippen LogP contribution in [0, 0.1) is 17.5 Å². The molecule has 0 heterocycles. The van der Waals surface area contributed by atoms with Gasteiger partial charge in [0.05, 0.1) is 6.10 Å². The lowest BCUT2D eigenvalue weighted by molar-refractivity contribution is 0.186. The van der Waals surface area contributed by atoms with Gasteiger partial charge in [0.2, 0.25) is 0 Å². The zero-order chi connectivity index (χ0) is 13.8. The number of rotatable bonds is 4. The van der Waals surface area contributed by atoms with Crippen LogP contribution in [0.5, 0.6) is 0 Å². The van der Waals surface area contributed by atoms with Crippen LogP contribution in [0.4, 0.5) is 18.9 Å². The molecule has 0 saturated heterocycles. The van der Waals surface area contributed by atoms with E-state index in [2.05, 4.69) is 5.32 Å². The van der Waals surface area contributed by atoms with Gasteiger partial charge in [-0.2, -0.15) is 0 Å². The van der Waals surface area contributed by atoms with E-state index in [1.807, 2.05) is 0 Å². The van der Waals surface area contributed by atoms with E-state index in [0.29, 0.717) is 5.69 Å². The monoisotopic (exact) mass is 267 g/mol. The van der Waals surface area contributed by atoms with Gasteiger partial charge in [-0.1, -0.05) is 6.07 Å². The fourth-order valence-corrected chi connectivity index (χ4v) is 1.69. The van der Waals surface area contributed by atoms with Gasteiger partial charge in [-0.3, -0.25) is 0 Å². The third-order valence-corrected chi connectivity index (χ3v) is 2.64. The van der Waals surface area contributed by atoms with Crippen LogP contribution in [0.2, 0.25) is 0 Å². The molecule has 0 aliphatic rings. The summed E-state index contributed by atoms with van der Waals surface area (Å²) in [4.78, 5) is 0. The maximum absolute atomic E-state index is 13.4. The van der Waals surface area contributed by atoms with Crippen molar-refractivity contribution < 1.29 is 18.3 Å². The summed E-state index contributed by atoms with van der Waals surface area (Å²) in [5.74, 6) is -1.73. The maximum atomic E-state index is 13.4. The van der Waals surface area contributed by atoms with Gasteiger partial charge in [0, 0.05) is 17.8 Å². The second kappa shape index (κ2) is 5.75. The first kappa shape index (κ1) is 13.4. The molecule has 0 fully saturated rings. The van der Waals surface area contributed by atoms with Crippen molar-refractivity contribution in [2.45, 2.75) is 6.10 Å². The summed E-state index contributed by atoms with van der Waals surface area (Å²) >= 11 is 0. The van der Waals surface area contributed by atoms with Crippen molar-refractivity contribution in [3.63, 3.8) is 0 Å². The Morgan fingerprint density at radius 1 is 1.00 bits per heavy atom. The van der Waals surface area contributed by atoms with E-state index < -0.39 is 23.6 Å². The summed E-state index contributed by atoms with van der Waals surface area (Å²) in [7, 11) is 0. The third kappa shape index (κ3) is 3.48. The number of benzene rings is 2. The third-order valence-electron chi connectivity index (χ3n) is 2.64. The fraction of sp³-hybridized carbons (Fsp3) is 0.143. The minimum atomic E-state index is -1.22. The van der Waals surface area contributed by atoms with E-state index in [1.54, 1.807) is 6.07 Å². The van der Waals surface area contributed by atoms with Gasteiger partial charge in [-0.15, -0.1) is 0 Å². The van der Waals surface area contributed by atoms with Crippen LogP contribution in [-0.4, -0.2) is 11.7 Å². The van der Waals surface area contributed by atoms with Crippen molar-refractivity contribution in [1.82, 2.24) is 0 Å². The Morgan fingerprint density at radius 2 is 1.74 bits per heavy atom. The highest BCUT2D eigenvalue weighted by molar-refractivity contribution is 5.43. The topological polar surface area (TPSA) is 32.3 Å². The minimum absolute atomic E-state index is 0.0518. The van der Waals surface area contributed by atoms with Crippen molar-refractivity contribution in [2.24, 2.45) is 0 Å². The minimum Gasteiger partial charge on any atom is -0.386 e. The summed E-state index contributed by atoms with van der Waals surface area (Å²) < 4.78 is 39.3. The molecule has 2 aromatic rings. The lowest BCUT2D eigenvalue weighted by atomic mass is 10.1. The number of halogens is 3.